The molecule has 0 saturated heterocycles. The summed E-state index contributed by atoms with van der Waals surface area (Å²) >= 11 is 0. The van der Waals surface area contributed by atoms with Gasteiger partial charge < -0.3 is 5.32 Å². The van der Waals surface area contributed by atoms with Crippen LogP contribution in [0.1, 0.15) is 32.6 Å². The van der Waals surface area contributed by atoms with Crippen LogP contribution in [0.25, 0.3) is 0 Å². The fourth-order valence-electron chi connectivity index (χ4n) is 1.50. The largest absolute Gasteiger partial charge is 0.317 e. The molecule has 0 spiro atoms. The monoisotopic (exact) mass is 181 g/mol. The highest BCUT2D eigenvalue weighted by Gasteiger charge is 2.03. The first-order valence-electron chi connectivity index (χ1n) is 5.27. The Labute approximate surface area is 82.9 Å². The van der Waals surface area contributed by atoms with Gasteiger partial charge in [-0.05, 0) is 44.7 Å². The van der Waals surface area contributed by atoms with Crippen LogP contribution < -0.4 is 5.32 Å². The summed E-state index contributed by atoms with van der Waals surface area (Å²) in [5.41, 5.74) is 0. The van der Waals surface area contributed by atoms with Crippen LogP contribution in [0.2, 0.25) is 0 Å². The second-order valence-corrected chi connectivity index (χ2v) is 3.41. The summed E-state index contributed by atoms with van der Waals surface area (Å²) in [4.78, 5) is 0. The van der Waals surface area contributed by atoms with E-state index in [4.69, 9.17) is 0 Å². The van der Waals surface area contributed by atoms with E-state index in [2.05, 4.69) is 25.4 Å². The second-order valence-electron chi connectivity index (χ2n) is 3.41. The fourth-order valence-corrected chi connectivity index (χ4v) is 1.50. The van der Waals surface area contributed by atoms with E-state index in [1.807, 2.05) is 12.2 Å². The van der Waals surface area contributed by atoms with Crippen molar-refractivity contribution in [2.45, 2.75) is 32.6 Å². The predicted molar refractivity (Wildman–Crippen MR) is 60.9 cm³/mol. The summed E-state index contributed by atoms with van der Waals surface area (Å²) in [7, 11) is 0. The molecule has 0 aliphatic carbocycles. The predicted octanol–water partition coefficient (Wildman–Crippen LogP) is 3.14. The van der Waals surface area contributed by atoms with Crippen LogP contribution in [-0.4, -0.2) is 13.1 Å². The van der Waals surface area contributed by atoms with Crippen LogP contribution in [-0.2, 0) is 0 Å². The zero-order chi connectivity index (χ0) is 9.94. The van der Waals surface area contributed by atoms with Crippen LogP contribution in [0.5, 0.6) is 0 Å². The van der Waals surface area contributed by atoms with Gasteiger partial charge in [0.1, 0.15) is 0 Å². The summed E-state index contributed by atoms with van der Waals surface area (Å²) < 4.78 is 0. The molecule has 1 N–H and O–H groups in total. The van der Waals surface area contributed by atoms with Crippen LogP contribution in [0.15, 0.2) is 25.3 Å². The van der Waals surface area contributed by atoms with Crippen molar-refractivity contribution in [3.05, 3.63) is 25.3 Å². The number of hydrogen-bond donors (Lipinski definition) is 1. The van der Waals surface area contributed by atoms with Crippen molar-refractivity contribution in [3.8, 4) is 0 Å². The van der Waals surface area contributed by atoms with Gasteiger partial charge >= 0.3 is 0 Å². The van der Waals surface area contributed by atoms with E-state index in [0.29, 0.717) is 0 Å². The average molecular weight is 181 g/mol. The van der Waals surface area contributed by atoms with Crippen LogP contribution in [0.4, 0.5) is 0 Å². The van der Waals surface area contributed by atoms with Crippen LogP contribution >= 0.6 is 0 Å². The number of nitrogens with one attached hydrogen (secondary N) is 1. The molecule has 1 nitrogen and oxygen atoms in total. The van der Waals surface area contributed by atoms with Crippen molar-refractivity contribution in [3.63, 3.8) is 0 Å². The smallest absolute Gasteiger partial charge is 0.00489 e. The highest BCUT2D eigenvalue weighted by atomic mass is 14.8. The van der Waals surface area contributed by atoms with Crippen molar-refractivity contribution < 1.29 is 0 Å². The Morgan fingerprint density at radius 2 is 1.85 bits per heavy atom. The molecule has 0 radical (unpaired) electrons. The van der Waals surface area contributed by atoms with E-state index in [9.17, 15) is 0 Å². The Bertz CT molecular complexity index is 119. The minimum Gasteiger partial charge on any atom is -0.317 e. The normalized spacial score (nSPS) is 10.3. The van der Waals surface area contributed by atoms with Gasteiger partial charge in [0.25, 0.3) is 0 Å². The van der Waals surface area contributed by atoms with Gasteiger partial charge in [-0.25, -0.2) is 0 Å². The molecule has 0 unspecified atom stereocenters. The number of hydrogen-bond acceptors (Lipinski definition) is 1. The summed E-state index contributed by atoms with van der Waals surface area (Å²) in [5, 5.41) is 3.34. The highest BCUT2D eigenvalue weighted by molar-refractivity contribution is 4.79. The van der Waals surface area contributed by atoms with Gasteiger partial charge in [0.15, 0.2) is 0 Å². The Kier molecular flexibility index (Phi) is 9.12. The summed E-state index contributed by atoms with van der Waals surface area (Å²) in [5.74, 6) is 0.758. The lowest BCUT2D eigenvalue weighted by Crippen LogP contribution is -2.15. The minimum atomic E-state index is 0.758. The summed E-state index contributed by atoms with van der Waals surface area (Å²) in [6.45, 7) is 11.9. The molecule has 0 atom stereocenters. The molecule has 1 heteroatoms. The van der Waals surface area contributed by atoms with Gasteiger partial charge in [0.05, 0.1) is 0 Å². The first kappa shape index (κ1) is 12.4. The zero-order valence-corrected chi connectivity index (χ0v) is 8.89. The van der Waals surface area contributed by atoms with E-state index in [-0.39, 0.29) is 0 Å². The lowest BCUT2D eigenvalue weighted by atomic mass is 9.96. The average Bonchev–Trinajstić information content (AvgIpc) is 2.13. The number of rotatable bonds is 9. The van der Waals surface area contributed by atoms with E-state index in [1.165, 1.54) is 12.8 Å². The van der Waals surface area contributed by atoms with Crippen molar-refractivity contribution in [2.24, 2.45) is 5.92 Å². The molecule has 0 bridgehead atoms. The van der Waals surface area contributed by atoms with Crippen molar-refractivity contribution in [2.75, 3.05) is 13.1 Å². The van der Waals surface area contributed by atoms with Crippen molar-refractivity contribution in [1.82, 2.24) is 5.32 Å². The molecule has 0 aliphatic rings. The number of allylic oxidation sites excluding steroid dienone is 2. The van der Waals surface area contributed by atoms with E-state index < -0.39 is 0 Å². The van der Waals surface area contributed by atoms with E-state index >= 15 is 0 Å². The molecule has 0 aromatic heterocycles. The third-order valence-electron chi connectivity index (χ3n) is 2.22. The Morgan fingerprint density at radius 3 is 2.31 bits per heavy atom. The molecule has 0 amide bonds. The molecular formula is C12H23N. The van der Waals surface area contributed by atoms with Gasteiger partial charge in [-0.2, -0.15) is 0 Å². The lowest BCUT2D eigenvalue weighted by Gasteiger charge is -2.12. The molecule has 13 heavy (non-hydrogen) atoms. The fraction of sp³-hybridized carbons (Fsp3) is 0.667. The maximum absolute atomic E-state index is 3.78. The minimum absolute atomic E-state index is 0.758. The second kappa shape index (κ2) is 9.53. The zero-order valence-electron chi connectivity index (χ0n) is 8.89. The lowest BCUT2D eigenvalue weighted by molar-refractivity contribution is 0.469. The van der Waals surface area contributed by atoms with Gasteiger partial charge in [0, 0.05) is 0 Å². The topological polar surface area (TPSA) is 12.0 Å². The summed E-state index contributed by atoms with van der Waals surface area (Å²) in [6.07, 6.45) is 8.82. The van der Waals surface area contributed by atoms with Gasteiger partial charge in [-0.3, -0.25) is 0 Å². The molecule has 0 aromatic rings. The van der Waals surface area contributed by atoms with E-state index in [0.717, 1.165) is 31.8 Å². The van der Waals surface area contributed by atoms with Crippen molar-refractivity contribution in [1.29, 1.82) is 0 Å². The molecular weight excluding hydrogens is 158 g/mol. The van der Waals surface area contributed by atoms with Gasteiger partial charge in [-0.15, -0.1) is 13.2 Å². The Morgan fingerprint density at radius 1 is 1.23 bits per heavy atom. The van der Waals surface area contributed by atoms with Gasteiger partial charge in [0.2, 0.25) is 0 Å². The molecule has 76 valence electrons. The van der Waals surface area contributed by atoms with Crippen LogP contribution in [0, 0.1) is 5.92 Å². The van der Waals surface area contributed by atoms with Crippen LogP contribution in [0.3, 0.4) is 0 Å². The molecule has 0 heterocycles. The summed E-state index contributed by atoms with van der Waals surface area (Å²) in [6, 6.07) is 0. The molecule has 0 fully saturated rings. The Hall–Kier alpha value is -0.560. The van der Waals surface area contributed by atoms with Crippen molar-refractivity contribution >= 4 is 0 Å². The van der Waals surface area contributed by atoms with Gasteiger partial charge in [-0.1, -0.05) is 19.1 Å². The maximum Gasteiger partial charge on any atom is -0.00489 e. The molecule has 0 rings (SSSR count). The first-order valence-corrected chi connectivity index (χ1v) is 5.27. The molecule has 0 aliphatic heterocycles. The first-order chi connectivity index (χ1) is 6.35. The third kappa shape index (κ3) is 7.79. The molecule has 0 aromatic carbocycles. The quantitative estimate of drug-likeness (QED) is 0.425. The standard InChI is InChI=1S/C12H23N/c1-4-8-12(9-5-2)10-7-11-13-6-3/h4-5,12-13H,1-2,6-11H2,3H3. The Balaban J connectivity index is 3.43. The maximum atomic E-state index is 3.78. The highest BCUT2D eigenvalue weighted by Crippen LogP contribution is 2.15. The SMILES string of the molecule is C=CCC(CC=C)CCCNCC. The van der Waals surface area contributed by atoms with E-state index in [1.54, 1.807) is 0 Å². The molecule has 0 saturated carbocycles. The third-order valence-corrected chi connectivity index (χ3v) is 2.22.